The Morgan fingerprint density at radius 2 is 1.18 bits per heavy atom. The van der Waals surface area contributed by atoms with Crippen molar-refractivity contribution in [2.45, 2.75) is 47.2 Å². The van der Waals surface area contributed by atoms with Gasteiger partial charge in [0.25, 0.3) is 0 Å². The van der Waals surface area contributed by atoms with E-state index in [9.17, 15) is 10.2 Å². The first-order valence-electron chi connectivity index (χ1n) is 9.58. The molecule has 1 aliphatic heterocycles. The smallest absolute Gasteiger partial charge is 0.120 e. The SMILES string of the molecule is Cc1cc(O)c(CN2CCCN(Cc3c(O)cc(C)c(Cl)c3C)C2)c(C)c1Cl. The molecule has 0 radical (unpaired) electrons. The number of rotatable bonds is 4. The van der Waals surface area contributed by atoms with Gasteiger partial charge in [0, 0.05) is 47.4 Å². The second-order valence-electron chi connectivity index (χ2n) is 7.86. The molecule has 28 heavy (non-hydrogen) atoms. The van der Waals surface area contributed by atoms with Crippen LogP contribution < -0.4 is 0 Å². The summed E-state index contributed by atoms with van der Waals surface area (Å²) in [6.07, 6.45) is 1.03. The molecule has 6 heteroatoms. The molecule has 1 saturated heterocycles. The maximum Gasteiger partial charge on any atom is 0.120 e. The van der Waals surface area contributed by atoms with Gasteiger partial charge in [-0.3, -0.25) is 9.80 Å². The lowest BCUT2D eigenvalue weighted by Gasteiger charge is -2.36. The predicted octanol–water partition coefficient (Wildman–Crippen LogP) is 5.30. The normalized spacial score (nSPS) is 15.9. The van der Waals surface area contributed by atoms with Crippen LogP contribution in [0.4, 0.5) is 0 Å². The largest absolute Gasteiger partial charge is 0.508 e. The molecule has 0 aromatic heterocycles. The topological polar surface area (TPSA) is 46.9 Å². The fraction of sp³-hybridized carbons (Fsp3) is 0.455. The molecule has 1 aliphatic rings. The highest BCUT2D eigenvalue weighted by molar-refractivity contribution is 6.32. The number of hydrogen-bond acceptors (Lipinski definition) is 4. The fourth-order valence-electron chi connectivity index (χ4n) is 4.00. The molecule has 0 aliphatic carbocycles. The van der Waals surface area contributed by atoms with Crippen LogP contribution in [0.3, 0.4) is 0 Å². The molecule has 0 bridgehead atoms. The molecule has 1 heterocycles. The fourth-order valence-corrected chi connectivity index (χ4v) is 4.34. The Balaban J connectivity index is 1.76. The van der Waals surface area contributed by atoms with Gasteiger partial charge in [0.2, 0.25) is 0 Å². The summed E-state index contributed by atoms with van der Waals surface area (Å²) < 4.78 is 0. The summed E-state index contributed by atoms with van der Waals surface area (Å²) in [4.78, 5) is 4.61. The molecule has 0 amide bonds. The van der Waals surface area contributed by atoms with Gasteiger partial charge in [0.15, 0.2) is 0 Å². The molecular formula is C22H28Cl2N2O2. The Hall–Kier alpha value is -1.46. The van der Waals surface area contributed by atoms with Crippen LogP contribution in [0.5, 0.6) is 11.5 Å². The monoisotopic (exact) mass is 422 g/mol. The number of benzene rings is 2. The van der Waals surface area contributed by atoms with Crippen molar-refractivity contribution in [2.75, 3.05) is 19.8 Å². The van der Waals surface area contributed by atoms with E-state index in [1.165, 1.54) is 0 Å². The van der Waals surface area contributed by atoms with Crippen LogP contribution in [-0.4, -0.2) is 39.8 Å². The summed E-state index contributed by atoms with van der Waals surface area (Å²) in [7, 11) is 0. The van der Waals surface area contributed by atoms with E-state index < -0.39 is 0 Å². The highest BCUT2D eigenvalue weighted by Crippen LogP contribution is 2.34. The highest BCUT2D eigenvalue weighted by Gasteiger charge is 2.22. The Bertz CT molecular complexity index is 828. The first-order valence-corrected chi connectivity index (χ1v) is 10.3. The average Bonchev–Trinajstić information content (AvgIpc) is 2.65. The van der Waals surface area contributed by atoms with Crippen LogP contribution in [0.2, 0.25) is 10.0 Å². The lowest BCUT2D eigenvalue weighted by Crippen LogP contribution is -2.44. The van der Waals surface area contributed by atoms with E-state index in [0.717, 1.165) is 69.6 Å². The van der Waals surface area contributed by atoms with Crippen molar-refractivity contribution in [3.8, 4) is 11.5 Å². The molecule has 0 spiro atoms. The summed E-state index contributed by atoms with van der Waals surface area (Å²) in [6, 6.07) is 3.48. The van der Waals surface area contributed by atoms with Gasteiger partial charge in [-0.25, -0.2) is 0 Å². The summed E-state index contributed by atoms with van der Waals surface area (Å²) in [5.41, 5.74) is 5.43. The van der Waals surface area contributed by atoms with E-state index in [4.69, 9.17) is 23.2 Å². The Labute approximate surface area is 177 Å². The van der Waals surface area contributed by atoms with Crippen LogP contribution >= 0.6 is 23.2 Å². The second-order valence-corrected chi connectivity index (χ2v) is 8.62. The molecule has 2 N–H and O–H groups in total. The quantitative estimate of drug-likeness (QED) is 0.700. The molecule has 0 atom stereocenters. The molecule has 1 fully saturated rings. The van der Waals surface area contributed by atoms with Crippen LogP contribution in [0.15, 0.2) is 12.1 Å². The van der Waals surface area contributed by atoms with Gasteiger partial charge < -0.3 is 10.2 Å². The number of halogens is 2. The van der Waals surface area contributed by atoms with Crippen molar-refractivity contribution in [3.63, 3.8) is 0 Å². The van der Waals surface area contributed by atoms with Crippen molar-refractivity contribution in [1.29, 1.82) is 0 Å². The zero-order valence-corrected chi connectivity index (χ0v) is 18.5. The summed E-state index contributed by atoms with van der Waals surface area (Å²) in [5.74, 6) is 0.602. The Morgan fingerprint density at radius 3 is 1.57 bits per heavy atom. The minimum absolute atomic E-state index is 0.301. The number of nitrogens with zero attached hydrogens (tertiary/aromatic N) is 2. The van der Waals surface area contributed by atoms with Crippen LogP contribution in [0, 0.1) is 27.7 Å². The van der Waals surface area contributed by atoms with Gasteiger partial charge in [-0.05, 0) is 68.5 Å². The number of hydrogen-bond donors (Lipinski definition) is 2. The summed E-state index contributed by atoms with van der Waals surface area (Å²) in [5, 5.41) is 22.3. The van der Waals surface area contributed by atoms with Crippen molar-refractivity contribution >= 4 is 23.2 Å². The maximum absolute atomic E-state index is 10.4. The maximum atomic E-state index is 10.4. The van der Waals surface area contributed by atoms with Crippen LogP contribution in [0.1, 0.15) is 39.8 Å². The predicted molar refractivity (Wildman–Crippen MR) is 115 cm³/mol. The van der Waals surface area contributed by atoms with Gasteiger partial charge in [-0.15, -0.1) is 0 Å². The van der Waals surface area contributed by atoms with E-state index in [0.29, 0.717) is 24.6 Å². The molecule has 3 rings (SSSR count). The molecular weight excluding hydrogens is 395 g/mol. The van der Waals surface area contributed by atoms with Crippen molar-refractivity contribution in [2.24, 2.45) is 0 Å². The summed E-state index contributed by atoms with van der Waals surface area (Å²) >= 11 is 12.8. The van der Waals surface area contributed by atoms with Gasteiger partial charge in [-0.2, -0.15) is 0 Å². The van der Waals surface area contributed by atoms with Crippen LogP contribution in [0.25, 0.3) is 0 Å². The molecule has 152 valence electrons. The lowest BCUT2D eigenvalue weighted by molar-refractivity contribution is 0.0732. The van der Waals surface area contributed by atoms with Crippen molar-refractivity contribution in [3.05, 3.63) is 55.6 Å². The third-order valence-corrected chi connectivity index (χ3v) is 6.86. The van der Waals surface area contributed by atoms with E-state index in [1.54, 1.807) is 12.1 Å². The molecule has 0 saturated carbocycles. The number of aryl methyl sites for hydroxylation is 2. The van der Waals surface area contributed by atoms with Crippen molar-refractivity contribution < 1.29 is 10.2 Å². The average molecular weight is 423 g/mol. The lowest BCUT2D eigenvalue weighted by atomic mass is 10.0. The first kappa shape index (κ1) is 21.3. The zero-order chi connectivity index (χ0) is 20.6. The van der Waals surface area contributed by atoms with Gasteiger partial charge >= 0.3 is 0 Å². The van der Waals surface area contributed by atoms with E-state index in [2.05, 4.69) is 9.80 Å². The minimum Gasteiger partial charge on any atom is -0.508 e. The van der Waals surface area contributed by atoms with Crippen molar-refractivity contribution in [1.82, 2.24) is 9.80 Å². The van der Waals surface area contributed by atoms with Crippen LogP contribution in [-0.2, 0) is 13.1 Å². The molecule has 4 nitrogen and oxygen atoms in total. The third kappa shape index (κ3) is 4.25. The minimum atomic E-state index is 0.301. The van der Waals surface area contributed by atoms with E-state index in [-0.39, 0.29) is 0 Å². The first-order chi connectivity index (χ1) is 13.2. The second kappa shape index (κ2) is 8.50. The standard InChI is InChI=1S/C22H28Cl2N2O2/c1-13-8-19(27)17(15(3)21(13)23)10-25-6-5-7-26(12-25)11-18-16(4)22(24)14(2)9-20(18)28/h8-9,27-28H,5-7,10-12H2,1-4H3. The van der Waals surface area contributed by atoms with Gasteiger partial charge in [0.05, 0.1) is 6.67 Å². The third-order valence-electron chi connectivity index (χ3n) is 5.69. The van der Waals surface area contributed by atoms with E-state index >= 15 is 0 Å². The number of phenols is 2. The highest BCUT2D eigenvalue weighted by atomic mass is 35.5. The van der Waals surface area contributed by atoms with Gasteiger partial charge in [0.1, 0.15) is 11.5 Å². The van der Waals surface area contributed by atoms with E-state index in [1.807, 2.05) is 27.7 Å². The number of phenolic OH excluding ortho intramolecular Hbond substituents is 2. The molecule has 2 aromatic rings. The zero-order valence-electron chi connectivity index (χ0n) is 16.9. The van der Waals surface area contributed by atoms with Gasteiger partial charge in [-0.1, -0.05) is 23.2 Å². The Morgan fingerprint density at radius 1 is 0.786 bits per heavy atom. The molecule has 0 unspecified atom stereocenters. The molecule has 2 aromatic carbocycles. The Kier molecular flexibility index (Phi) is 6.45. The number of aromatic hydroxyl groups is 2. The summed E-state index contributed by atoms with van der Waals surface area (Å²) in [6.45, 7) is 11.7.